The molecule has 1 aliphatic heterocycles. The van der Waals surface area contributed by atoms with Gasteiger partial charge in [-0.2, -0.15) is 10.4 Å². The van der Waals surface area contributed by atoms with Crippen LogP contribution >= 0.6 is 11.6 Å². The fraction of sp³-hybridized carbons (Fsp3) is 0.263. The standard InChI is InChI=1S/C19H17ClN8O/c20-15-4-3-13(9-21)16(8-15)24-19(29)14-2-1-7-27(10-14)17-5-6-18(26-25-17)28-12-22-11-23-28/h3-6,8,11-12,14H,1-2,7,10H2,(H,24,29). The number of piperidine rings is 1. The summed E-state index contributed by atoms with van der Waals surface area (Å²) in [5.74, 6) is 0.904. The molecular formula is C19H17ClN8O. The summed E-state index contributed by atoms with van der Waals surface area (Å²) in [6, 6.07) is 10.5. The van der Waals surface area contributed by atoms with E-state index < -0.39 is 0 Å². The minimum absolute atomic E-state index is 0.138. The third kappa shape index (κ3) is 4.17. The van der Waals surface area contributed by atoms with E-state index in [-0.39, 0.29) is 11.8 Å². The van der Waals surface area contributed by atoms with Crippen molar-refractivity contribution in [2.75, 3.05) is 23.3 Å². The van der Waals surface area contributed by atoms with Gasteiger partial charge in [-0.1, -0.05) is 11.6 Å². The molecule has 0 spiro atoms. The molecule has 1 unspecified atom stereocenters. The van der Waals surface area contributed by atoms with E-state index in [0.717, 1.165) is 19.4 Å². The first kappa shape index (κ1) is 18.8. The van der Waals surface area contributed by atoms with Crippen molar-refractivity contribution in [1.82, 2.24) is 25.0 Å². The van der Waals surface area contributed by atoms with Crippen LogP contribution in [0.3, 0.4) is 0 Å². The van der Waals surface area contributed by atoms with Crippen molar-refractivity contribution in [2.24, 2.45) is 5.92 Å². The van der Waals surface area contributed by atoms with Gasteiger partial charge in [-0.05, 0) is 43.2 Å². The minimum Gasteiger partial charge on any atom is -0.354 e. The van der Waals surface area contributed by atoms with Gasteiger partial charge in [0, 0.05) is 18.1 Å². The number of anilines is 2. The van der Waals surface area contributed by atoms with E-state index in [1.165, 1.54) is 11.0 Å². The number of nitriles is 1. The maximum absolute atomic E-state index is 12.8. The lowest BCUT2D eigenvalue weighted by Gasteiger charge is -2.32. The van der Waals surface area contributed by atoms with Crippen molar-refractivity contribution in [3.8, 4) is 11.9 Å². The normalized spacial score (nSPS) is 16.3. The molecule has 10 heteroatoms. The van der Waals surface area contributed by atoms with Gasteiger partial charge in [0.2, 0.25) is 5.91 Å². The van der Waals surface area contributed by atoms with Crippen molar-refractivity contribution < 1.29 is 4.79 Å². The van der Waals surface area contributed by atoms with E-state index in [4.69, 9.17) is 11.6 Å². The predicted molar refractivity (Wildman–Crippen MR) is 107 cm³/mol. The van der Waals surface area contributed by atoms with E-state index in [0.29, 0.717) is 34.5 Å². The van der Waals surface area contributed by atoms with Crippen molar-refractivity contribution in [1.29, 1.82) is 5.26 Å². The predicted octanol–water partition coefficient (Wildman–Crippen LogP) is 2.44. The number of amides is 1. The van der Waals surface area contributed by atoms with Gasteiger partial charge < -0.3 is 10.2 Å². The lowest BCUT2D eigenvalue weighted by molar-refractivity contribution is -0.120. The van der Waals surface area contributed by atoms with Gasteiger partial charge in [-0.15, -0.1) is 10.2 Å². The van der Waals surface area contributed by atoms with Crippen molar-refractivity contribution in [3.63, 3.8) is 0 Å². The summed E-state index contributed by atoms with van der Waals surface area (Å²) in [7, 11) is 0. The molecule has 29 heavy (non-hydrogen) atoms. The van der Waals surface area contributed by atoms with Crippen LogP contribution in [0.2, 0.25) is 5.02 Å². The lowest BCUT2D eigenvalue weighted by Crippen LogP contribution is -2.41. The third-order valence-electron chi connectivity index (χ3n) is 4.77. The Morgan fingerprint density at radius 2 is 2.07 bits per heavy atom. The lowest BCUT2D eigenvalue weighted by atomic mass is 9.97. The first-order valence-electron chi connectivity index (χ1n) is 9.08. The number of halogens is 1. The number of carbonyl (C=O) groups is 1. The quantitative estimate of drug-likeness (QED) is 0.705. The molecule has 9 nitrogen and oxygen atoms in total. The zero-order valence-electron chi connectivity index (χ0n) is 15.4. The van der Waals surface area contributed by atoms with Crippen LogP contribution < -0.4 is 10.2 Å². The van der Waals surface area contributed by atoms with Crippen LogP contribution in [0, 0.1) is 17.2 Å². The summed E-state index contributed by atoms with van der Waals surface area (Å²) in [6.07, 6.45) is 4.60. The average Bonchev–Trinajstić information content (AvgIpc) is 3.29. The van der Waals surface area contributed by atoms with Crippen LogP contribution in [0.4, 0.5) is 11.5 Å². The van der Waals surface area contributed by atoms with Gasteiger partial charge in [-0.3, -0.25) is 4.79 Å². The number of nitrogens with zero attached hydrogens (tertiary/aromatic N) is 7. The van der Waals surface area contributed by atoms with Gasteiger partial charge in [0.1, 0.15) is 18.7 Å². The molecule has 1 saturated heterocycles. The molecule has 0 radical (unpaired) electrons. The average molecular weight is 409 g/mol. The Balaban J connectivity index is 1.45. The van der Waals surface area contributed by atoms with Gasteiger partial charge in [0.15, 0.2) is 11.6 Å². The smallest absolute Gasteiger partial charge is 0.229 e. The summed E-state index contributed by atoms with van der Waals surface area (Å²) in [5, 5.41) is 25.0. The molecule has 0 aliphatic carbocycles. The van der Waals surface area contributed by atoms with E-state index >= 15 is 0 Å². The number of aromatic nitrogens is 5. The highest BCUT2D eigenvalue weighted by Crippen LogP contribution is 2.25. The summed E-state index contributed by atoms with van der Waals surface area (Å²) in [6.45, 7) is 1.31. The molecule has 0 bridgehead atoms. The SMILES string of the molecule is N#Cc1ccc(Cl)cc1NC(=O)C1CCCN(c2ccc(-n3cncn3)nn2)C1. The second-order valence-electron chi connectivity index (χ2n) is 6.67. The number of benzene rings is 1. The van der Waals surface area contributed by atoms with Crippen LogP contribution in [-0.4, -0.2) is 44.0 Å². The fourth-order valence-corrected chi connectivity index (χ4v) is 3.46. The number of nitrogens with one attached hydrogen (secondary N) is 1. The molecule has 1 aromatic carbocycles. The molecule has 4 rings (SSSR count). The third-order valence-corrected chi connectivity index (χ3v) is 5.00. The molecule has 0 saturated carbocycles. The van der Waals surface area contributed by atoms with Crippen molar-refractivity contribution in [2.45, 2.75) is 12.8 Å². The minimum atomic E-state index is -0.230. The first-order valence-corrected chi connectivity index (χ1v) is 9.46. The Hall–Kier alpha value is -3.51. The largest absolute Gasteiger partial charge is 0.354 e. The number of hydrogen-bond donors (Lipinski definition) is 1. The zero-order chi connectivity index (χ0) is 20.2. The monoisotopic (exact) mass is 408 g/mol. The second kappa shape index (κ2) is 8.24. The summed E-state index contributed by atoms with van der Waals surface area (Å²) in [5.41, 5.74) is 0.809. The molecule has 3 heterocycles. The summed E-state index contributed by atoms with van der Waals surface area (Å²) < 4.78 is 1.53. The van der Waals surface area contributed by atoms with Gasteiger partial charge in [0.05, 0.1) is 17.2 Å². The highest BCUT2D eigenvalue weighted by molar-refractivity contribution is 6.31. The molecule has 2 aromatic heterocycles. The Morgan fingerprint density at radius 3 is 2.79 bits per heavy atom. The number of rotatable bonds is 4. The molecule has 1 atom stereocenters. The molecule has 3 aromatic rings. The highest BCUT2D eigenvalue weighted by Gasteiger charge is 2.27. The van der Waals surface area contributed by atoms with Crippen molar-refractivity contribution in [3.05, 3.63) is 53.6 Å². The Kier molecular flexibility index (Phi) is 5.35. The van der Waals surface area contributed by atoms with Gasteiger partial charge in [-0.25, -0.2) is 9.67 Å². The fourth-order valence-electron chi connectivity index (χ4n) is 3.29. The van der Waals surface area contributed by atoms with E-state index in [1.54, 1.807) is 24.5 Å². The zero-order valence-corrected chi connectivity index (χ0v) is 16.1. The molecular weight excluding hydrogens is 392 g/mol. The molecule has 1 fully saturated rings. The van der Waals surface area contributed by atoms with Crippen LogP contribution in [0.1, 0.15) is 18.4 Å². The van der Waals surface area contributed by atoms with Gasteiger partial charge in [0.25, 0.3) is 0 Å². The first-order chi connectivity index (χ1) is 14.1. The topological polar surface area (TPSA) is 113 Å². The summed E-state index contributed by atoms with van der Waals surface area (Å²) in [4.78, 5) is 18.7. The van der Waals surface area contributed by atoms with Crippen LogP contribution in [0.5, 0.6) is 0 Å². The Labute approximate surface area is 171 Å². The number of hydrogen-bond acceptors (Lipinski definition) is 7. The maximum Gasteiger partial charge on any atom is 0.229 e. The van der Waals surface area contributed by atoms with Crippen LogP contribution in [-0.2, 0) is 4.79 Å². The number of carbonyl (C=O) groups excluding carboxylic acids is 1. The summed E-state index contributed by atoms with van der Waals surface area (Å²) >= 11 is 6.00. The van der Waals surface area contributed by atoms with E-state index in [9.17, 15) is 10.1 Å². The van der Waals surface area contributed by atoms with Crippen molar-refractivity contribution >= 4 is 29.0 Å². The second-order valence-corrected chi connectivity index (χ2v) is 7.10. The molecule has 1 amide bonds. The highest BCUT2D eigenvalue weighted by atomic mass is 35.5. The molecule has 1 N–H and O–H groups in total. The molecule has 146 valence electrons. The van der Waals surface area contributed by atoms with Crippen LogP contribution in [0.15, 0.2) is 43.0 Å². The molecule has 1 aliphatic rings. The Bertz CT molecular complexity index is 1050. The Morgan fingerprint density at radius 1 is 1.24 bits per heavy atom. The van der Waals surface area contributed by atoms with E-state index in [2.05, 4.69) is 31.7 Å². The van der Waals surface area contributed by atoms with E-state index in [1.807, 2.05) is 17.0 Å². The van der Waals surface area contributed by atoms with Crippen LogP contribution in [0.25, 0.3) is 5.82 Å². The maximum atomic E-state index is 12.8. The van der Waals surface area contributed by atoms with Gasteiger partial charge >= 0.3 is 0 Å².